The maximum Gasteiger partial charge on any atom is 0.211 e. The third-order valence-electron chi connectivity index (χ3n) is 2.85. The molecule has 0 heterocycles. The molecule has 5 nitrogen and oxygen atoms in total. The van der Waals surface area contributed by atoms with Gasteiger partial charge in [-0.1, -0.05) is 32.1 Å². The van der Waals surface area contributed by atoms with E-state index in [9.17, 15) is 4.39 Å². The van der Waals surface area contributed by atoms with Crippen molar-refractivity contribution < 1.29 is 10.6 Å². The Morgan fingerprint density at radius 1 is 1.33 bits per heavy atom. The van der Waals surface area contributed by atoms with Crippen molar-refractivity contribution in [3.63, 3.8) is 0 Å². The molecule has 0 aromatic rings. The van der Waals surface area contributed by atoms with Crippen molar-refractivity contribution in [2.45, 2.75) is 26.7 Å². The van der Waals surface area contributed by atoms with Gasteiger partial charge in [-0.2, -0.15) is 0 Å². The van der Waals surface area contributed by atoms with E-state index in [1.807, 2.05) is 13.0 Å². The van der Waals surface area contributed by atoms with Crippen LogP contribution in [0.1, 0.15) is 28.1 Å². The van der Waals surface area contributed by atoms with E-state index in [0.29, 0.717) is 25.7 Å². The summed E-state index contributed by atoms with van der Waals surface area (Å²) in [5.41, 5.74) is 0. The summed E-state index contributed by atoms with van der Waals surface area (Å²) in [5.74, 6) is 1.09. The molecule has 0 atom stereocenters. The average Bonchev–Trinajstić information content (AvgIpc) is 2.57. The zero-order chi connectivity index (χ0) is 18.0. The number of hydrogen-bond acceptors (Lipinski definition) is 5. The van der Waals surface area contributed by atoms with Crippen molar-refractivity contribution in [3.8, 4) is 0 Å². The topological polar surface area (TPSA) is 57.7 Å². The molecule has 0 aromatic carbocycles. The summed E-state index contributed by atoms with van der Waals surface area (Å²) in [7, 11) is 1.69. The summed E-state index contributed by atoms with van der Waals surface area (Å²) >= 11 is 0. The van der Waals surface area contributed by atoms with Crippen molar-refractivity contribution in [1.82, 2.24) is 16.0 Å². The van der Waals surface area contributed by atoms with Crippen LogP contribution >= 0.6 is 0 Å². The normalized spacial score (nSPS) is 13.2. The van der Waals surface area contributed by atoms with Crippen LogP contribution in [0.15, 0.2) is 53.6 Å². The molecule has 138 valence electrons. The number of hydrogen-bond donors (Lipinski definition) is 3. The Balaban J connectivity index is 0. The highest BCUT2D eigenvalue weighted by atomic mass is 19.1. The molecular weight excluding hydrogens is 307 g/mol. The number of nitrogens with one attached hydrogen (secondary N) is 3. The van der Waals surface area contributed by atoms with Gasteiger partial charge in [0, 0.05) is 27.6 Å². The van der Waals surface area contributed by atoms with Crippen LogP contribution < -0.4 is 16.0 Å². The summed E-state index contributed by atoms with van der Waals surface area (Å²) < 4.78 is 18.5. The van der Waals surface area contributed by atoms with Gasteiger partial charge in [0.25, 0.3) is 0 Å². The molecule has 0 aromatic heterocycles. The van der Waals surface area contributed by atoms with Crippen LogP contribution in [0, 0.1) is 0 Å². The molecule has 0 aliphatic heterocycles. The summed E-state index contributed by atoms with van der Waals surface area (Å²) in [6, 6.07) is 0. The van der Waals surface area contributed by atoms with Gasteiger partial charge < -0.3 is 15.4 Å². The number of unbranched alkanes of at least 4 members (excludes halogenated alkanes) is 1. The SMILES string of the molecule is C=C/C=C(F)\C=C/CNCN/C(=C\C(=NC)OCC)NCCCC.[HH]. The van der Waals surface area contributed by atoms with Gasteiger partial charge in [-0.3, -0.25) is 10.3 Å². The first-order valence-corrected chi connectivity index (χ1v) is 8.32. The predicted octanol–water partition coefficient (Wildman–Crippen LogP) is 3.26. The zero-order valence-electron chi connectivity index (χ0n) is 15.1. The Hall–Kier alpha value is -2.08. The van der Waals surface area contributed by atoms with E-state index >= 15 is 0 Å². The molecule has 0 aliphatic carbocycles. The van der Waals surface area contributed by atoms with Gasteiger partial charge in [0.1, 0.15) is 11.6 Å². The lowest BCUT2D eigenvalue weighted by atomic mass is 10.3. The number of halogens is 1. The van der Waals surface area contributed by atoms with E-state index in [2.05, 4.69) is 34.4 Å². The predicted molar refractivity (Wildman–Crippen MR) is 103 cm³/mol. The molecule has 0 aliphatic rings. The lowest BCUT2D eigenvalue weighted by Gasteiger charge is -2.14. The van der Waals surface area contributed by atoms with Gasteiger partial charge in [0.2, 0.25) is 5.90 Å². The molecule has 0 saturated carbocycles. The van der Waals surface area contributed by atoms with E-state index in [-0.39, 0.29) is 7.25 Å². The fourth-order valence-corrected chi connectivity index (χ4v) is 1.66. The third-order valence-corrected chi connectivity index (χ3v) is 2.85. The van der Waals surface area contributed by atoms with Gasteiger partial charge >= 0.3 is 0 Å². The summed E-state index contributed by atoms with van der Waals surface area (Å²) in [6.45, 7) is 10.0. The highest BCUT2D eigenvalue weighted by Crippen LogP contribution is 1.97. The maximum atomic E-state index is 13.1. The first kappa shape index (κ1) is 21.9. The fourth-order valence-electron chi connectivity index (χ4n) is 1.66. The maximum absolute atomic E-state index is 13.1. The van der Waals surface area contributed by atoms with Crippen LogP contribution in [0.25, 0.3) is 0 Å². The second-order valence-corrected chi connectivity index (χ2v) is 4.83. The number of rotatable bonds is 13. The van der Waals surface area contributed by atoms with Crippen LogP contribution in [0.2, 0.25) is 0 Å². The van der Waals surface area contributed by atoms with E-state index in [4.69, 9.17) is 4.74 Å². The Labute approximate surface area is 146 Å². The Morgan fingerprint density at radius 3 is 2.75 bits per heavy atom. The quantitative estimate of drug-likeness (QED) is 0.158. The first-order chi connectivity index (χ1) is 11.7. The second-order valence-electron chi connectivity index (χ2n) is 4.83. The summed E-state index contributed by atoms with van der Waals surface area (Å²) in [4.78, 5) is 4.09. The van der Waals surface area contributed by atoms with Crippen molar-refractivity contribution in [1.29, 1.82) is 0 Å². The smallest absolute Gasteiger partial charge is 0.211 e. The summed E-state index contributed by atoms with van der Waals surface area (Å²) in [6.07, 6.45) is 9.88. The van der Waals surface area contributed by atoms with E-state index in [1.165, 1.54) is 18.2 Å². The van der Waals surface area contributed by atoms with Crippen LogP contribution in [0.3, 0.4) is 0 Å². The van der Waals surface area contributed by atoms with Crippen molar-refractivity contribution >= 4 is 5.90 Å². The van der Waals surface area contributed by atoms with Crippen LogP contribution in [0.4, 0.5) is 4.39 Å². The largest absolute Gasteiger partial charge is 0.478 e. The van der Waals surface area contributed by atoms with Crippen LogP contribution in [-0.4, -0.2) is 39.3 Å². The molecule has 0 saturated heterocycles. The molecule has 0 radical (unpaired) electrons. The second kappa shape index (κ2) is 15.8. The van der Waals surface area contributed by atoms with E-state index in [0.717, 1.165) is 25.2 Å². The van der Waals surface area contributed by atoms with Gasteiger partial charge in [-0.25, -0.2) is 4.39 Å². The summed E-state index contributed by atoms with van der Waals surface area (Å²) in [5, 5.41) is 9.70. The number of nitrogens with zero attached hydrogens (tertiary/aromatic N) is 1. The Bertz CT molecular complexity index is 462. The van der Waals surface area contributed by atoms with Crippen LogP contribution in [0.5, 0.6) is 0 Å². The Morgan fingerprint density at radius 2 is 2.12 bits per heavy atom. The minimum atomic E-state index is -0.318. The van der Waals surface area contributed by atoms with Crippen molar-refractivity contribution in [2.75, 3.05) is 33.4 Å². The minimum absolute atomic E-state index is 0. The van der Waals surface area contributed by atoms with Gasteiger partial charge in [-0.05, 0) is 25.5 Å². The molecule has 0 rings (SSSR count). The average molecular weight is 340 g/mol. The standard InChI is InChI=1S/C18H31FN4O.H2/c1-5-8-13-22-17(14-18(20-4)24-7-3)23-15-21-12-9-11-16(19)10-6-2;/h6,9-11,14,21-23H,2,5,7-8,12-13,15H2,1,3-4H3;1H/b11-9-,16-10+,17-14-,20-18?;. The fraction of sp³-hybridized carbons (Fsp3) is 0.500. The van der Waals surface area contributed by atoms with Gasteiger partial charge in [0.15, 0.2) is 0 Å². The van der Waals surface area contributed by atoms with Crippen molar-refractivity contribution in [2.24, 2.45) is 4.99 Å². The zero-order valence-corrected chi connectivity index (χ0v) is 15.1. The highest BCUT2D eigenvalue weighted by Gasteiger charge is 2.00. The monoisotopic (exact) mass is 340 g/mol. The molecule has 0 unspecified atom stereocenters. The number of ether oxygens (including phenoxy) is 1. The first-order valence-electron chi connectivity index (χ1n) is 8.32. The molecule has 24 heavy (non-hydrogen) atoms. The molecule has 0 amide bonds. The molecule has 0 fully saturated rings. The molecular formula is C18H33FN4O. The molecule has 0 spiro atoms. The molecule has 3 N–H and O–H groups in total. The molecule has 6 heteroatoms. The van der Waals surface area contributed by atoms with E-state index < -0.39 is 0 Å². The third kappa shape index (κ3) is 12.5. The lowest BCUT2D eigenvalue weighted by Crippen LogP contribution is -2.35. The van der Waals surface area contributed by atoms with Gasteiger partial charge in [0.05, 0.1) is 13.3 Å². The van der Waals surface area contributed by atoms with Crippen molar-refractivity contribution in [3.05, 3.63) is 48.6 Å². The Kier molecular flexibility index (Phi) is 14.4. The van der Waals surface area contributed by atoms with Crippen LogP contribution in [-0.2, 0) is 4.74 Å². The van der Waals surface area contributed by atoms with Gasteiger partial charge in [-0.15, -0.1) is 0 Å². The lowest BCUT2D eigenvalue weighted by molar-refractivity contribution is 0.329. The highest BCUT2D eigenvalue weighted by molar-refractivity contribution is 5.88. The molecule has 0 bridgehead atoms. The minimum Gasteiger partial charge on any atom is -0.478 e. The number of aliphatic imine (C=N–C) groups is 1. The van der Waals surface area contributed by atoms with E-state index in [1.54, 1.807) is 13.1 Å². The number of allylic oxidation sites excluding steroid dienone is 4.